The lowest BCUT2D eigenvalue weighted by Gasteiger charge is -2.29. The molecule has 0 spiro atoms. The standard InChI is InChI=1S/C15H21NO4/c1-18-14-9-10(15(17)19-2)7-8-13(14)20-12-6-4-3-5-11(12)16/h7-9,11-12H,3-6,16H2,1-2H3. The first-order valence-electron chi connectivity index (χ1n) is 6.84. The van der Waals surface area contributed by atoms with E-state index >= 15 is 0 Å². The van der Waals surface area contributed by atoms with Gasteiger partial charge in [0.05, 0.1) is 19.8 Å². The number of rotatable bonds is 4. The average Bonchev–Trinajstić information content (AvgIpc) is 2.49. The van der Waals surface area contributed by atoms with Gasteiger partial charge in [0.25, 0.3) is 0 Å². The molecule has 2 N–H and O–H groups in total. The van der Waals surface area contributed by atoms with Crippen LogP contribution >= 0.6 is 0 Å². The van der Waals surface area contributed by atoms with Crippen LogP contribution in [-0.4, -0.2) is 32.3 Å². The predicted octanol–water partition coefficient (Wildman–Crippen LogP) is 2.13. The van der Waals surface area contributed by atoms with Crippen molar-refractivity contribution in [1.82, 2.24) is 0 Å². The maximum atomic E-state index is 11.5. The number of nitrogens with two attached hydrogens (primary N) is 1. The quantitative estimate of drug-likeness (QED) is 0.855. The summed E-state index contributed by atoms with van der Waals surface area (Å²) in [6.07, 6.45) is 4.21. The molecule has 1 saturated carbocycles. The van der Waals surface area contributed by atoms with Crippen LogP contribution in [0.15, 0.2) is 18.2 Å². The summed E-state index contributed by atoms with van der Waals surface area (Å²) in [4.78, 5) is 11.5. The van der Waals surface area contributed by atoms with Crippen LogP contribution in [-0.2, 0) is 4.74 Å². The van der Waals surface area contributed by atoms with Gasteiger partial charge in [-0.15, -0.1) is 0 Å². The van der Waals surface area contributed by atoms with Gasteiger partial charge in [-0.25, -0.2) is 4.79 Å². The van der Waals surface area contributed by atoms with E-state index < -0.39 is 5.97 Å². The van der Waals surface area contributed by atoms with Gasteiger partial charge in [0.1, 0.15) is 6.10 Å². The third kappa shape index (κ3) is 3.22. The van der Waals surface area contributed by atoms with Crippen LogP contribution in [0, 0.1) is 0 Å². The Labute approximate surface area is 119 Å². The predicted molar refractivity (Wildman–Crippen MR) is 75.2 cm³/mol. The van der Waals surface area contributed by atoms with Crippen LogP contribution in [0.5, 0.6) is 11.5 Å². The van der Waals surface area contributed by atoms with Crippen molar-refractivity contribution < 1.29 is 19.0 Å². The van der Waals surface area contributed by atoms with E-state index in [1.54, 1.807) is 25.3 Å². The van der Waals surface area contributed by atoms with Crippen molar-refractivity contribution in [1.29, 1.82) is 0 Å². The first kappa shape index (κ1) is 14.7. The second kappa shape index (κ2) is 6.61. The van der Waals surface area contributed by atoms with Crippen molar-refractivity contribution in [3.8, 4) is 11.5 Å². The van der Waals surface area contributed by atoms with Crippen LogP contribution in [0.4, 0.5) is 0 Å². The highest BCUT2D eigenvalue weighted by atomic mass is 16.5. The Morgan fingerprint density at radius 1 is 1.20 bits per heavy atom. The van der Waals surface area contributed by atoms with Gasteiger partial charge in [-0.2, -0.15) is 0 Å². The van der Waals surface area contributed by atoms with Gasteiger partial charge in [-0.1, -0.05) is 6.42 Å². The first-order chi connectivity index (χ1) is 9.65. The Kier molecular flexibility index (Phi) is 4.84. The Bertz CT molecular complexity index is 475. The average molecular weight is 279 g/mol. The highest BCUT2D eigenvalue weighted by Gasteiger charge is 2.24. The molecule has 0 aromatic heterocycles. The van der Waals surface area contributed by atoms with Crippen molar-refractivity contribution >= 4 is 5.97 Å². The Morgan fingerprint density at radius 3 is 2.60 bits per heavy atom. The van der Waals surface area contributed by atoms with Crippen LogP contribution in [0.3, 0.4) is 0 Å². The van der Waals surface area contributed by atoms with E-state index in [0.29, 0.717) is 17.1 Å². The lowest BCUT2D eigenvalue weighted by molar-refractivity contribution is 0.0600. The van der Waals surface area contributed by atoms with Crippen LogP contribution in [0.25, 0.3) is 0 Å². The molecule has 0 radical (unpaired) electrons. The second-order valence-corrected chi connectivity index (χ2v) is 4.96. The van der Waals surface area contributed by atoms with E-state index in [1.165, 1.54) is 7.11 Å². The maximum Gasteiger partial charge on any atom is 0.337 e. The third-order valence-corrected chi connectivity index (χ3v) is 3.62. The molecule has 0 bridgehead atoms. The highest BCUT2D eigenvalue weighted by molar-refractivity contribution is 5.90. The van der Waals surface area contributed by atoms with E-state index in [0.717, 1.165) is 25.7 Å². The fourth-order valence-electron chi connectivity index (χ4n) is 2.44. The molecule has 5 nitrogen and oxygen atoms in total. The molecule has 0 amide bonds. The molecule has 2 rings (SSSR count). The van der Waals surface area contributed by atoms with Gasteiger partial charge < -0.3 is 19.9 Å². The Hall–Kier alpha value is -1.75. The van der Waals surface area contributed by atoms with Crippen molar-refractivity contribution in [2.24, 2.45) is 5.73 Å². The molecule has 1 aromatic carbocycles. The molecule has 2 unspecified atom stereocenters. The Morgan fingerprint density at radius 2 is 1.95 bits per heavy atom. The van der Waals surface area contributed by atoms with Gasteiger partial charge in [0.15, 0.2) is 11.5 Å². The van der Waals surface area contributed by atoms with Gasteiger partial charge >= 0.3 is 5.97 Å². The van der Waals surface area contributed by atoms with E-state index in [9.17, 15) is 4.79 Å². The summed E-state index contributed by atoms with van der Waals surface area (Å²) in [5, 5.41) is 0. The summed E-state index contributed by atoms with van der Waals surface area (Å²) in [5.74, 6) is 0.734. The van der Waals surface area contributed by atoms with Gasteiger partial charge in [0.2, 0.25) is 0 Å². The summed E-state index contributed by atoms with van der Waals surface area (Å²) in [5.41, 5.74) is 6.51. The smallest absolute Gasteiger partial charge is 0.337 e. The van der Waals surface area contributed by atoms with Crippen LogP contribution in [0.2, 0.25) is 0 Å². The van der Waals surface area contributed by atoms with E-state index in [-0.39, 0.29) is 12.1 Å². The number of hydrogen-bond donors (Lipinski definition) is 1. The van der Waals surface area contributed by atoms with E-state index in [2.05, 4.69) is 4.74 Å². The second-order valence-electron chi connectivity index (χ2n) is 4.96. The number of methoxy groups -OCH3 is 2. The minimum absolute atomic E-state index is 0.00151. The minimum Gasteiger partial charge on any atom is -0.493 e. The van der Waals surface area contributed by atoms with Crippen LogP contribution < -0.4 is 15.2 Å². The molecule has 1 aliphatic carbocycles. The van der Waals surface area contributed by atoms with Gasteiger partial charge in [0, 0.05) is 6.04 Å². The summed E-state index contributed by atoms with van der Waals surface area (Å²) >= 11 is 0. The summed E-state index contributed by atoms with van der Waals surface area (Å²) < 4.78 is 15.9. The molecule has 0 aliphatic heterocycles. The van der Waals surface area contributed by atoms with Crippen molar-refractivity contribution in [3.63, 3.8) is 0 Å². The number of benzene rings is 1. The molecule has 0 heterocycles. The summed E-state index contributed by atoms with van der Waals surface area (Å²) in [7, 11) is 2.89. The fourth-order valence-corrected chi connectivity index (χ4v) is 2.44. The molecule has 5 heteroatoms. The van der Waals surface area contributed by atoms with E-state index in [1.807, 2.05) is 0 Å². The monoisotopic (exact) mass is 279 g/mol. The molecule has 0 saturated heterocycles. The molecule has 1 fully saturated rings. The summed E-state index contributed by atoms with van der Waals surface area (Å²) in [6, 6.07) is 5.06. The zero-order valence-electron chi connectivity index (χ0n) is 11.9. The molecule has 1 aliphatic rings. The Balaban J connectivity index is 2.16. The van der Waals surface area contributed by atoms with E-state index in [4.69, 9.17) is 15.2 Å². The third-order valence-electron chi connectivity index (χ3n) is 3.62. The molecular formula is C15H21NO4. The maximum absolute atomic E-state index is 11.5. The molecular weight excluding hydrogens is 258 g/mol. The van der Waals surface area contributed by atoms with Crippen molar-refractivity contribution in [3.05, 3.63) is 23.8 Å². The topological polar surface area (TPSA) is 70.8 Å². The number of ether oxygens (including phenoxy) is 3. The lowest BCUT2D eigenvalue weighted by Crippen LogP contribution is -2.41. The molecule has 20 heavy (non-hydrogen) atoms. The number of esters is 1. The molecule has 1 aromatic rings. The zero-order chi connectivity index (χ0) is 14.5. The minimum atomic E-state index is -0.399. The number of hydrogen-bond acceptors (Lipinski definition) is 5. The molecule has 110 valence electrons. The first-order valence-corrected chi connectivity index (χ1v) is 6.84. The zero-order valence-corrected chi connectivity index (χ0v) is 11.9. The summed E-state index contributed by atoms with van der Waals surface area (Å²) in [6.45, 7) is 0. The number of carbonyl (C=O) groups is 1. The highest BCUT2D eigenvalue weighted by Crippen LogP contribution is 2.31. The SMILES string of the molecule is COC(=O)c1ccc(OC2CCCCC2N)c(OC)c1. The molecule has 2 atom stereocenters. The largest absolute Gasteiger partial charge is 0.493 e. The van der Waals surface area contributed by atoms with Crippen molar-refractivity contribution in [2.75, 3.05) is 14.2 Å². The van der Waals surface area contributed by atoms with Gasteiger partial charge in [-0.05, 0) is 37.5 Å². The van der Waals surface area contributed by atoms with Crippen LogP contribution in [0.1, 0.15) is 36.0 Å². The van der Waals surface area contributed by atoms with Gasteiger partial charge in [-0.3, -0.25) is 0 Å². The number of carbonyl (C=O) groups excluding carboxylic acids is 1. The van der Waals surface area contributed by atoms with Crippen molar-refractivity contribution in [2.45, 2.75) is 37.8 Å². The normalized spacial score (nSPS) is 22.1. The lowest BCUT2D eigenvalue weighted by atomic mass is 9.93. The fraction of sp³-hybridized carbons (Fsp3) is 0.533.